The zero-order valence-electron chi connectivity index (χ0n) is 13.0. The van der Waals surface area contributed by atoms with Gasteiger partial charge in [-0.1, -0.05) is 11.6 Å². The molecule has 2 bridgehead atoms. The van der Waals surface area contributed by atoms with Crippen molar-refractivity contribution < 1.29 is 14.1 Å². The predicted molar refractivity (Wildman–Crippen MR) is 80.7 cm³/mol. The third-order valence-electron chi connectivity index (χ3n) is 5.45. The molecule has 0 aromatic carbocycles. The van der Waals surface area contributed by atoms with Crippen molar-refractivity contribution in [1.29, 1.82) is 0 Å². The Bertz CT molecular complexity index is 554. The van der Waals surface area contributed by atoms with Crippen molar-refractivity contribution in [1.82, 2.24) is 10.5 Å². The van der Waals surface area contributed by atoms with Gasteiger partial charge in [-0.2, -0.15) is 0 Å². The normalized spacial score (nSPS) is 30.1. The van der Waals surface area contributed by atoms with Crippen molar-refractivity contribution in [3.05, 3.63) is 17.0 Å². The number of rotatable bonds is 4. The minimum Gasteiger partial charge on any atom is -0.375 e. The van der Waals surface area contributed by atoms with Gasteiger partial charge in [0.05, 0.1) is 12.2 Å². The molecule has 22 heavy (non-hydrogen) atoms. The molecule has 3 heterocycles. The van der Waals surface area contributed by atoms with E-state index in [1.807, 2.05) is 0 Å². The van der Waals surface area contributed by atoms with Crippen LogP contribution in [0.3, 0.4) is 0 Å². The van der Waals surface area contributed by atoms with Crippen LogP contribution in [0.15, 0.2) is 4.52 Å². The fraction of sp³-hybridized carbons (Fsp3) is 0.765. The Morgan fingerprint density at radius 3 is 2.95 bits per heavy atom. The van der Waals surface area contributed by atoms with Crippen LogP contribution in [0.25, 0.3) is 0 Å². The first-order valence-electron chi connectivity index (χ1n) is 8.72. The van der Waals surface area contributed by atoms with Gasteiger partial charge < -0.3 is 14.6 Å². The van der Waals surface area contributed by atoms with Crippen LogP contribution >= 0.6 is 0 Å². The molecule has 1 aromatic heterocycles. The highest BCUT2D eigenvalue weighted by Crippen LogP contribution is 2.40. The Hall–Kier alpha value is -1.36. The van der Waals surface area contributed by atoms with Crippen molar-refractivity contribution in [3.63, 3.8) is 0 Å². The number of ether oxygens (including phenoxy) is 1. The molecule has 2 fully saturated rings. The SMILES string of the molecule is O=C(NCCC1CC2CCC1O2)c1noc2c1CCCCC2. The number of aryl methyl sites for hydroxylation is 1. The maximum absolute atomic E-state index is 12.4. The molecule has 3 aliphatic rings. The minimum atomic E-state index is -0.0732. The van der Waals surface area contributed by atoms with Crippen molar-refractivity contribution in [3.8, 4) is 0 Å². The summed E-state index contributed by atoms with van der Waals surface area (Å²) in [6, 6.07) is 0. The lowest BCUT2D eigenvalue weighted by molar-refractivity contribution is 0.0884. The number of hydrogen-bond donors (Lipinski definition) is 1. The fourth-order valence-corrected chi connectivity index (χ4v) is 4.24. The Morgan fingerprint density at radius 2 is 2.14 bits per heavy atom. The second-order valence-corrected chi connectivity index (χ2v) is 6.91. The predicted octanol–water partition coefficient (Wildman–Crippen LogP) is 2.63. The molecular formula is C17H24N2O3. The summed E-state index contributed by atoms with van der Waals surface area (Å²) in [7, 11) is 0. The maximum atomic E-state index is 12.4. The highest BCUT2D eigenvalue weighted by atomic mass is 16.5. The van der Waals surface area contributed by atoms with Crippen LogP contribution in [0.1, 0.15) is 66.8 Å². The first kappa shape index (κ1) is 14.2. The Labute approximate surface area is 130 Å². The number of aromatic nitrogens is 1. The van der Waals surface area contributed by atoms with Gasteiger partial charge in [0.15, 0.2) is 5.69 Å². The Morgan fingerprint density at radius 1 is 1.23 bits per heavy atom. The van der Waals surface area contributed by atoms with Crippen LogP contribution in [0.4, 0.5) is 0 Å². The first-order valence-corrected chi connectivity index (χ1v) is 8.72. The standard InChI is InChI=1S/C17H24N2O3/c20-17(16-13-4-2-1-3-5-15(13)22-19-16)18-9-8-11-10-12-6-7-14(11)21-12/h11-12,14H,1-10H2,(H,18,20). The van der Waals surface area contributed by atoms with E-state index in [1.54, 1.807) is 0 Å². The summed E-state index contributed by atoms with van der Waals surface area (Å²) in [5, 5.41) is 7.04. The van der Waals surface area contributed by atoms with E-state index >= 15 is 0 Å². The summed E-state index contributed by atoms with van der Waals surface area (Å²) in [5.74, 6) is 1.47. The molecule has 5 heteroatoms. The highest BCUT2D eigenvalue weighted by molar-refractivity contribution is 5.93. The van der Waals surface area contributed by atoms with E-state index < -0.39 is 0 Å². The number of nitrogens with zero attached hydrogens (tertiary/aromatic N) is 1. The van der Waals surface area contributed by atoms with Crippen LogP contribution in [-0.2, 0) is 17.6 Å². The molecule has 120 valence electrons. The summed E-state index contributed by atoms with van der Waals surface area (Å²) < 4.78 is 11.2. The van der Waals surface area contributed by atoms with Crippen molar-refractivity contribution in [2.75, 3.05) is 6.54 Å². The number of carbonyl (C=O) groups is 1. The molecule has 3 atom stereocenters. The van der Waals surface area contributed by atoms with Gasteiger partial charge in [-0.15, -0.1) is 0 Å². The molecule has 0 spiro atoms. The van der Waals surface area contributed by atoms with E-state index in [1.165, 1.54) is 25.7 Å². The molecule has 0 saturated carbocycles. The van der Waals surface area contributed by atoms with Crippen molar-refractivity contribution in [2.45, 2.75) is 70.0 Å². The third kappa shape index (κ3) is 2.67. The number of amides is 1. The van der Waals surface area contributed by atoms with Gasteiger partial charge in [0.1, 0.15) is 5.76 Å². The largest absolute Gasteiger partial charge is 0.375 e. The molecule has 5 nitrogen and oxygen atoms in total. The molecular weight excluding hydrogens is 280 g/mol. The molecule has 2 aliphatic heterocycles. The van der Waals surface area contributed by atoms with Crippen LogP contribution in [0.5, 0.6) is 0 Å². The summed E-state index contributed by atoms with van der Waals surface area (Å²) >= 11 is 0. The van der Waals surface area contributed by atoms with E-state index in [0.29, 0.717) is 30.4 Å². The zero-order valence-corrected chi connectivity index (χ0v) is 13.0. The molecule has 2 saturated heterocycles. The van der Waals surface area contributed by atoms with E-state index in [-0.39, 0.29) is 5.91 Å². The van der Waals surface area contributed by atoms with Gasteiger partial charge in [-0.05, 0) is 50.9 Å². The average molecular weight is 304 g/mol. The quantitative estimate of drug-likeness (QED) is 0.869. The molecule has 0 radical (unpaired) electrons. The second-order valence-electron chi connectivity index (χ2n) is 6.91. The zero-order chi connectivity index (χ0) is 14.9. The van der Waals surface area contributed by atoms with Crippen molar-refractivity contribution in [2.24, 2.45) is 5.92 Å². The van der Waals surface area contributed by atoms with Crippen LogP contribution in [0, 0.1) is 5.92 Å². The summed E-state index contributed by atoms with van der Waals surface area (Å²) in [5.41, 5.74) is 1.55. The molecule has 1 N–H and O–H groups in total. The topological polar surface area (TPSA) is 64.4 Å². The number of fused-ring (bicyclic) bond motifs is 3. The minimum absolute atomic E-state index is 0.0732. The average Bonchev–Trinajstić information content (AvgIpc) is 3.19. The van der Waals surface area contributed by atoms with Crippen LogP contribution in [-0.4, -0.2) is 29.8 Å². The lowest BCUT2D eigenvalue weighted by Crippen LogP contribution is -2.29. The van der Waals surface area contributed by atoms with Gasteiger partial charge in [0, 0.05) is 18.5 Å². The maximum Gasteiger partial charge on any atom is 0.273 e. The third-order valence-corrected chi connectivity index (χ3v) is 5.45. The van der Waals surface area contributed by atoms with Crippen LogP contribution < -0.4 is 5.32 Å². The molecule has 1 amide bonds. The summed E-state index contributed by atoms with van der Waals surface area (Å²) in [6.07, 6.45) is 10.8. The lowest BCUT2D eigenvalue weighted by Gasteiger charge is -2.18. The summed E-state index contributed by atoms with van der Waals surface area (Å²) in [4.78, 5) is 12.4. The number of nitrogens with one attached hydrogen (secondary N) is 1. The Kier molecular flexibility index (Phi) is 3.90. The van der Waals surface area contributed by atoms with Gasteiger partial charge in [0.25, 0.3) is 5.91 Å². The smallest absolute Gasteiger partial charge is 0.273 e. The van der Waals surface area contributed by atoms with Gasteiger partial charge in [0.2, 0.25) is 0 Å². The van der Waals surface area contributed by atoms with Crippen molar-refractivity contribution >= 4 is 5.91 Å². The number of hydrogen-bond acceptors (Lipinski definition) is 4. The van der Waals surface area contributed by atoms with Gasteiger partial charge in [-0.25, -0.2) is 0 Å². The van der Waals surface area contributed by atoms with Crippen LogP contribution in [0.2, 0.25) is 0 Å². The summed E-state index contributed by atoms with van der Waals surface area (Å²) in [6.45, 7) is 0.706. The lowest BCUT2D eigenvalue weighted by atomic mass is 9.87. The second kappa shape index (κ2) is 6.03. The molecule has 1 aromatic rings. The number of carbonyl (C=O) groups excluding carboxylic acids is 1. The Balaban J connectivity index is 1.32. The first-order chi connectivity index (χ1) is 10.8. The van der Waals surface area contributed by atoms with E-state index in [0.717, 1.165) is 43.4 Å². The molecule has 4 rings (SSSR count). The van der Waals surface area contributed by atoms with Gasteiger partial charge >= 0.3 is 0 Å². The van der Waals surface area contributed by atoms with Gasteiger partial charge in [-0.3, -0.25) is 4.79 Å². The molecule has 1 aliphatic carbocycles. The van der Waals surface area contributed by atoms with E-state index in [9.17, 15) is 4.79 Å². The monoisotopic (exact) mass is 304 g/mol. The highest BCUT2D eigenvalue weighted by Gasteiger charge is 2.40. The van der Waals surface area contributed by atoms with E-state index in [4.69, 9.17) is 9.26 Å². The van der Waals surface area contributed by atoms with E-state index in [2.05, 4.69) is 10.5 Å². The molecule has 3 unspecified atom stereocenters. The fourth-order valence-electron chi connectivity index (χ4n) is 4.24.